The molecule has 0 radical (unpaired) electrons. The smallest absolute Gasteiger partial charge is 0.273 e. The van der Waals surface area contributed by atoms with Crippen LogP contribution in [0.2, 0.25) is 0 Å². The van der Waals surface area contributed by atoms with Crippen LogP contribution in [0, 0.1) is 5.92 Å². The standard InChI is InChI=1S/C12H20N2O3S2/c1-2-13-8-11-3-4-12(17-11)19(15,16)14-7-10-5-6-18-9-10/h3-4,10,13-14H,2,5-9H2,1H3. The molecule has 0 saturated carbocycles. The van der Waals surface area contributed by atoms with Crippen LogP contribution in [-0.2, 0) is 16.6 Å². The fraction of sp³-hybridized carbons (Fsp3) is 0.667. The monoisotopic (exact) mass is 304 g/mol. The van der Waals surface area contributed by atoms with Crippen molar-refractivity contribution >= 4 is 21.8 Å². The predicted octanol–water partition coefficient (Wildman–Crippen LogP) is 1.42. The van der Waals surface area contributed by atoms with Crippen molar-refractivity contribution in [3.8, 4) is 0 Å². The van der Waals surface area contributed by atoms with Crippen LogP contribution >= 0.6 is 11.8 Å². The van der Waals surface area contributed by atoms with Crippen molar-refractivity contribution in [1.82, 2.24) is 10.0 Å². The maximum atomic E-state index is 12.0. The van der Waals surface area contributed by atoms with Crippen LogP contribution in [-0.4, -0.2) is 33.0 Å². The largest absolute Gasteiger partial charge is 0.447 e. The molecule has 2 heterocycles. The molecule has 0 spiro atoms. The molecule has 2 N–H and O–H groups in total. The molecule has 1 atom stereocenters. The Balaban J connectivity index is 1.92. The number of hydrogen-bond acceptors (Lipinski definition) is 5. The lowest BCUT2D eigenvalue weighted by Crippen LogP contribution is -2.29. The lowest BCUT2D eigenvalue weighted by Gasteiger charge is -2.09. The normalized spacial score (nSPS) is 19.9. The molecule has 1 fully saturated rings. The summed E-state index contributed by atoms with van der Waals surface area (Å²) >= 11 is 1.88. The minimum atomic E-state index is -3.51. The molecular weight excluding hydrogens is 284 g/mol. The summed E-state index contributed by atoms with van der Waals surface area (Å²) in [4.78, 5) is 0. The number of hydrogen-bond donors (Lipinski definition) is 2. The van der Waals surface area contributed by atoms with Crippen LogP contribution < -0.4 is 10.0 Å². The Hall–Kier alpha value is -0.500. The Bertz CT molecular complexity index is 493. The van der Waals surface area contributed by atoms with E-state index in [1.165, 1.54) is 6.07 Å². The molecule has 1 aromatic heterocycles. The Kier molecular flexibility index (Phi) is 5.32. The average molecular weight is 304 g/mol. The van der Waals surface area contributed by atoms with E-state index < -0.39 is 10.0 Å². The first-order chi connectivity index (χ1) is 9.12. The second-order valence-electron chi connectivity index (χ2n) is 4.58. The molecule has 1 aliphatic rings. The second kappa shape index (κ2) is 6.78. The molecule has 1 aliphatic heterocycles. The molecule has 1 saturated heterocycles. The van der Waals surface area contributed by atoms with Crippen LogP contribution in [0.4, 0.5) is 0 Å². The molecule has 19 heavy (non-hydrogen) atoms. The zero-order chi connectivity index (χ0) is 13.7. The maximum absolute atomic E-state index is 12.0. The number of rotatable bonds is 7. The highest BCUT2D eigenvalue weighted by Crippen LogP contribution is 2.23. The van der Waals surface area contributed by atoms with E-state index in [1.807, 2.05) is 18.7 Å². The fourth-order valence-electron chi connectivity index (χ4n) is 1.89. The van der Waals surface area contributed by atoms with Crippen LogP contribution in [0.25, 0.3) is 0 Å². The maximum Gasteiger partial charge on any atom is 0.273 e. The SMILES string of the molecule is CCNCc1ccc(S(=O)(=O)NCC2CCSC2)o1. The van der Waals surface area contributed by atoms with Gasteiger partial charge in [-0.1, -0.05) is 6.92 Å². The van der Waals surface area contributed by atoms with Gasteiger partial charge < -0.3 is 9.73 Å². The molecule has 0 aliphatic carbocycles. The van der Waals surface area contributed by atoms with Crippen molar-refractivity contribution in [2.75, 3.05) is 24.6 Å². The quantitative estimate of drug-likeness (QED) is 0.797. The van der Waals surface area contributed by atoms with Crippen molar-refractivity contribution in [2.24, 2.45) is 5.92 Å². The lowest BCUT2D eigenvalue weighted by atomic mass is 10.1. The van der Waals surface area contributed by atoms with Gasteiger partial charge in [-0.2, -0.15) is 11.8 Å². The first-order valence-electron chi connectivity index (χ1n) is 6.48. The van der Waals surface area contributed by atoms with Crippen molar-refractivity contribution in [3.63, 3.8) is 0 Å². The van der Waals surface area contributed by atoms with Gasteiger partial charge in [0, 0.05) is 6.54 Å². The van der Waals surface area contributed by atoms with Crippen LogP contribution in [0.3, 0.4) is 0 Å². The number of sulfonamides is 1. The Morgan fingerprint density at radius 2 is 2.32 bits per heavy atom. The number of nitrogens with one attached hydrogen (secondary N) is 2. The zero-order valence-electron chi connectivity index (χ0n) is 11.0. The van der Waals surface area contributed by atoms with Gasteiger partial charge >= 0.3 is 0 Å². The molecule has 5 nitrogen and oxygen atoms in total. The van der Waals surface area contributed by atoms with Gasteiger partial charge in [0.15, 0.2) is 0 Å². The summed E-state index contributed by atoms with van der Waals surface area (Å²) in [5.41, 5.74) is 0. The van der Waals surface area contributed by atoms with Gasteiger partial charge in [-0.05, 0) is 42.5 Å². The third kappa shape index (κ3) is 4.24. The van der Waals surface area contributed by atoms with Crippen molar-refractivity contribution < 1.29 is 12.8 Å². The molecule has 1 aromatic rings. The third-order valence-corrected chi connectivity index (χ3v) is 5.56. The van der Waals surface area contributed by atoms with Gasteiger partial charge in [0.2, 0.25) is 5.09 Å². The van der Waals surface area contributed by atoms with Crippen molar-refractivity contribution in [3.05, 3.63) is 17.9 Å². The van der Waals surface area contributed by atoms with Crippen molar-refractivity contribution in [1.29, 1.82) is 0 Å². The molecule has 0 bridgehead atoms. The Morgan fingerprint density at radius 3 is 3.00 bits per heavy atom. The summed E-state index contributed by atoms with van der Waals surface area (Å²) in [5.74, 6) is 3.24. The van der Waals surface area contributed by atoms with Crippen LogP contribution in [0.15, 0.2) is 21.6 Å². The predicted molar refractivity (Wildman–Crippen MR) is 76.7 cm³/mol. The van der Waals surface area contributed by atoms with E-state index in [1.54, 1.807) is 6.07 Å². The fourth-order valence-corrected chi connectivity index (χ4v) is 4.23. The topological polar surface area (TPSA) is 71.3 Å². The minimum absolute atomic E-state index is 0.00560. The van der Waals surface area contributed by atoms with Crippen LogP contribution in [0.5, 0.6) is 0 Å². The van der Waals surface area contributed by atoms with E-state index in [0.29, 0.717) is 24.8 Å². The third-order valence-electron chi connectivity index (χ3n) is 3.04. The van der Waals surface area contributed by atoms with Gasteiger partial charge in [-0.3, -0.25) is 0 Å². The number of furan rings is 1. The zero-order valence-corrected chi connectivity index (χ0v) is 12.6. The van der Waals surface area contributed by atoms with Gasteiger partial charge in [0.25, 0.3) is 10.0 Å². The van der Waals surface area contributed by atoms with Crippen LogP contribution in [0.1, 0.15) is 19.1 Å². The summed E-state index contributed by atoms with van der Waals surface area (Å²) < 4.78 is 32.1. The molecular formula is C12H20N2O3S2. The molecule has 1 unspecified atom stereocenters. The summed E-state index contributed by atoms with van der Waals surface area (Å²) in [6.45, 7) is 3.85. The van der Waals surface area contributed by atoms with E-state index in [2.05, 4.69) is 10.0 Å². The Morgan fingerprint density at radius 1 is 1.47 bits per heavy atom. The molecule has 7 heteroatoms. The van der Waals surface area contributed by atoms with Gasteiger partial charge in [0.1, 0.15) is 5.76 Å². The highest BCUT2D eigenvalue weighted by Gasteiger charge is 2.22. The first-order valence-corrected chi connectivity index (χ1v) is 9.12. The number of thioether (sulfide) groups is 1. The minimum Gasteiger partial charge on any atom is -0.447 e. The second-order valence-corrected chi connectivity index (χ2v) is 7.43. The average Bonchev–Trinajstić information content (AvgIpc) is 3.05. The van der Waals surface area contributed by atoms with E-state index in [0.717, 1.165) is 24.5 Å². The van der Waals surface area contributed by atoms with E-state index in [-0.39, 0.29) is 5.09 Å². The molecule has 0 aromatic carbocycles. The van der Waals surface area contributed by atoms with E-state index in [9.17, 15) is 8.42 Å². The molecule has 108 valence electrons. The first kappa shape index (κ1) is 14.9. The van der Waals surface area contributed by atoms with Crippen molar-refractivity contribution in [2.45, 2.75) is 25.0 Å². The highest BCUT2D eigenvalue weighted by molar-refractivity contribution is 7.99. The molecule has 2 rings (SSSR count). The van der Waals surface area contributed by atoms with Gasteiger partial charge in [-0.15, -0.1) is 0 Å². The summed E-state index contributed by atoms with van der Waals surface area (Å²) in [6.07, 6.45) is 1.08. The Labute approximate surface area is 118 Å². The summed E-state index contributed by atoms with van der Waals surface area (Å²) in [5, 5.41) is 3.10. The molecule has 0 amide bonds. The lowest BCUT2D eigenvalue weighted by molar-refractivity contribution is 0.400. The highest BCUT2D eigenvalue weighted by atomic mass is 32.2. The van der Waals surface area contributed by atoms with E-state index >= 15 is 0 Å². The van der Waals surface area contributed by atoms with Gasteiger partial charge in [0.05, 0.1) is 6.54 Å². The summed E-state index contributed by atoms with van der Waals surface area (Å²) in [7, 11) is -3.51. The van der Waals surface area contributed by atoms with Gasteiger partial charge in [-0.25, -0.2) is 13.1 Å². The summed E-state index contributed by atoms with van der Waals surface area (Å²) in [6, 6.07) is 3.21. The van der Waals surface area contributed by atoms with E-state index in [4.69, 9.17) is 4.42 Å².